The van der Waals surface area contributed by atoms with Crippen molar-refractivity contribution in [3.05, 3.63) is 111 Å². The number of nitrogens with two attached hydrogens (primary N) is 1. The molecule has 0 saturated carbocycles. The molecule has 1 heterocycles. The molecule has 13 heteroatoms. The van der Waals surface area contributed by atoms with Crippen LogP contribution >= 0.6 is 34.8 Å². The molecule has 2 N–H and O–H groups in total. The molecule has 0 spiro atoms. The predicted octanol–water partition coefficient (Wildman–Crippen LogP) is 6.03. The summed E-state index contributed by atoms with van der Waals surface area (Å²) in [6.07, 6.45) is 1.44. The minimum atomic E-state index is -3.95. The third kappa shape index (κ3) is 7.03. The van der Waals surface area contributed by atoms with E-state index in [4.69, 9.17) is 44.4 Å². The van der Waals surface area contributed by atoms with Gasteiger partial charge in [0.05, 0.1) is 38.3 Å². The van der Waals surface area contributed by atoms with Gasteiger partial charge in [0.2, 0.25) is 20.0 Å². The van der Waals surface area contributed by atoms with E-state index in [1.54, 1.807) is 30.3 Å². The smallest absolute Gasteiger partial charge is 0.243 e. The third-order valence-corrected chi connectivity index (χ3v) is 9.04. The van der Waals surface area contributed by atoms with E-state index in [9.17, 15) is 16.8 Å². The van der Waals surface area contributed by atoms with Crippen molar-refractivity contribution in [1.82, 2.24) is 4.31 Å². The van der Waals surface area contributed by atoms with Crippen molar-refractivity contribution >= 4 is 66.8 Å². The molecule has 0 radical (unpaired) electrons. The van der Waals surface area contributed by atoms with Gasteiger partial charge in [-0.25, -0.2) is 22.0 Å². The van der Waals surface area contributed by atoms with Crippen molar-refractivity contribution in [1.29, 1.82) is 0 Å². The zero-order chi connectivity index (χ0) is 27.5. The van der Waals surface area contributed by atoms with Gasteiger partial charge in [-0.15, -0.1) is 0 Å². The Morgan fingerprint density at radius 1 is 0.789 bits per heavy atom. The van der Waals surface area contributed by atoms with Crippen molar-refractivity contribution < 1.29 is 21.3 Å². The lowest BCUT2D eigenvalue weighted by Crippen LogP contribution is -2.30. The number of sulfonamides is 2. The molecule has 38 heavy (non-hydrogen) atoms. The van der Waals surface area contributed by atoms with Gasteiger partial charge in [-0.05, 0) is 78.4 Å². The highest BCUT2D eigenvalue weighted by Gasteiger charge is 2.26. The van der Waals surface area contributed by atoms with Crippen LogP contribution in [0.25, 0.3) is 0 Å². The van der Waals surface area contributed by atoms with Crippen LogP contribution in [0.2, 0.25) is 15.1 Å². The summed E-state index contributed by atoms with van der Waals surface area (Å²) in [5.74, 6) is 0.738. The minimum Gasteiger partial charge on any atom is -0.459 e. The van der Waals surface area contributed by atoms with E-state index in [2.05, 4.69) is 4.99 Å². The van der Waals surface area contributed by atoms with Crippen LogP contribution in [-0.4, -0.2) is 27.4 Å². The van der Waals surface area contributed by atoms with E-state index in [1.165, 1.54) is 59.1 Å². The van der Waals surface area contributed by atoms with E-state index in [0.29, 0.717) is 37.8 Å². The summed E-state index contributed by atoms with van der Waals surface area (Å²) >= 11 is 18.1. The third-order valence-electron chi connectivity index (χ3n) is 5.32. The topological polar surface area (TPSA) is 123 Å². The number of furan rings is 1. The van der Waals surface area contributed by atoms with E-state index in [1.807, 2.05) is 0 Å². The first kappa shape index (κ1) is 28.3. The number of primary sulfonamides is 1. The number of halogens is 3. The second-order valence-corrected chi connectivity index (χ2v) is 12.8. The number of aliphatic imine (C=N–C) groups is 1. The molecule has 0 unspecified atom stereocenters. The Labute approximate surface area is 235 Å². The molecule has 0 bridgehead atoms. The Hall–Kier alpha value is -2.70. The summed E-state index contributed by atoms with van der Waals surface area (Å²) in [5, 5.41) is 6.18. The number of nitrogens with zero attached hydrogens (tertiary/aromatic N) is 2. The summed E-state index contributed by atoms with van der Waals surface area (Å²) in [4.78, 5) is 4.30. The lowest BCUT2D eigenvalue weighted by molar-refractivity contribution is 0.357. The van der Waals surface area contributed by atoms with Gasteiger partial charge in [-0.2, -0.15) is 4.31 Å². The number of hydrogen-bond donors (Lipinski definition) is 1. The molecule has 0 atom stereocenters. The van der Waals surface area contributed by atoms with E-state index >= 15 is 0 Å². The van der Waals surface area contributed by atoms with Gasteiger partial charge < -0.3 is 4.42 Å². The highest BCUT2D eigenvalue weighted by molar-refractivity contribution is 7.89. The number of rotatable bonds is 9. The van der Waals surface area contributed by atoms with Crippen molar-refractivity contribution in [2.75, 3.05) is 0 Å². The first-order valence-corrected chi connectivity index (χ1v) is 15.0. The van der Waals surface area contributed by atoms with Crippen molar-refractivity contribution in [3.63, 3.8) is 0 Å². The molecule has 3 aromatic carbocycles. The Kier molecular flexibility index (Phi) is 8.63. The second kappa shape index (κ2) is 11.6. The Morgan fingerprint density at radius 3 is 2.08 bits per heavy atom. The average molecular weight is 613 g/mol. The maximum Gasteiger partial charge on any atom is 0.243 e. The van der Waals surface area contributed by atoms with Crippen LogP contribution in [0.3, 0.4) is 0 Å². The molecule has 0 amide bonds. The Balaban J connectivity index is 1.58. The van der Waals surface area contributed by atoms with E-state index in [0.717, 1.165) is 0 Å². The first-order chi connectivity index (χ1) is 17.9. The molecule has 0 aliphatic carbocycles. The lowest BCUT2D eigenvalue weighted by atomic mass is 10.2. The summed E-state index contributed by atoms with van der Waals surface area (Å²) in [6.45, 7) is -0.0789. The predicted molar refractivity (Wildman–Crippen MR) is 148 cm³/mol. The van der Waals surface area contributed by atoms with Gasteiger partial charge in [0.25, 0.3) is 0 Å². The lowest BCUT2D eigenvalue weighted by Gasteiger charge is -2.22. The molecule has 0 aliphatic rings. The van der Waals surface area contributed by atoms with Gasteiger partial charge in [0, 0.05) is 11.6 Å². The van der Waals surface area contributed by atoms with Crippen LogP contribution in [0, 0.1) is 0 Å². The molecule has 1 aromatic heterocycles. The molecule has 4 rings (SSSR count). The fourth-order valence-corrected chi connectivity index (χ4v) is 5.76. The zero-order valence-electron chi connectivity index (χ0n) is 19.5. The highest BCUT2D eigenvalue weighted by atomic mass is 35.5. The quantitative estimate of drug-likeness (QED) is 0.231. The van der Waals surface area contributed by atoms with Crippen molar-refractivity contribution in [2.24, 2.45) is 10.1 Å². The summed E-state index contributed by atoms with van der Waals surface area (Å²) in [5.41, 5.74) is 1.11. The monoisotopic (exact) mass is 611 g/mol. The molecular weight excluding hydrogens is 593 g/mol. The molecule has 0 saturated heterocycles. The van der Waals surface area contributed by atoms with Gasteiger partial charge in [-0.3, -0.25) is 4.99 Å². The number of hydrogen-bond acceptors (Lipinski definition) is 6. The second-order valence-electron chi connectivity index (χ2n) is 8.08. The van der Waals surface area contributed by atoms with Crippen LogP contribution in [0.4, 0.5) is 5.69 Å². The van der Waals surface area contributed by atoms with Crippen LogP contribution < -0.4 is 5.14 Å². The Morgan fingerprint density at radius 2 is 1.45 bits per heavy atom. The van der Waals surface area contributed by atoms with E-state index < -0.39 is 20.0 Å². The van der Waals surface area contributed by atoms with Crippen molar-refractivity contribution in [2.45, 2.75) is 22.9 Å². The average Bonchev–Trinajstić information content (AvgIpc) is 3.32. The standard InChI is InChI=1S/C25H20Cl3N3O5S2/c26-18-2-8-23(9-3-18)38(34,35)31(15-17-1-12-24(27)25(28)13-17)16-21-7-6-20(36-21)14-30-19-4-10-22(11-5-19)37(29,32)33/h1-14H,15-16H2,(H2,29,32,33). The first-order valence-electron chi connectivity index (χ1n) is 10.9. The van der Waals surface area contributed by atoms with Crippen molar-refractivity contribution in [3.8, 4) is 0 Å². The summed E-state index contributed by atoms with van der Waals surface area (Å²) in [6, 6.07) is 19.7. The highest BCUT2D eigenvalue weighted by Crippen LogP contribution is 2.27. The fraction of sp³-hybridized carbons (Fsp3) is 0.0800. The number of benzene rings is 3. The van der Waals surface area contributed by atoms with Crippen LogP contribution in [0.15, 0.2) is 98.1 Å². The van der Waals surface area contributed by atoms with Gasteiger partial charge in [0.1, 0.15) is 11.5 Å². The van der Waals surface area contributed by atoms with Gasteiger partial charge in [-0.1, -0.05) is 40.9 Å². The molecule has 8 nitrogen and oxygen atoms in total. The van der Waals surface area contributed by atoms with Gasteiger partial charge >= 0.3 is 0 Å². The SMILES string of the molecule is NS(=O)(=O)c1ccc(N=Cc2ccc(CN(Cc3ccc(Cl)c(Cl)c3)S(=O)(=O)c3ccc(Cl)cc3)o2)cc1. The minimum absolute atomic E-state index is 0.00235. The molecule has 4 aromatic rings. The fourth-order valence-electron chi connectivity index (χ4n) is 3.41. The molecule has 198 valence electrons. The van der Waals surface area contributed by atoms with Gasteiger partial charge in [0.15, 0.2) is 0 Å². The maximum absolute atomic E-state index is 13.5. The van der Waals surface area contributed by atoms with Crippen LogP contribution in [-0.2, 0) is 33.1 Å². The summed E-state index contributed by atoms with van der Waals surface area (Å²) in [7, 11) is -7.75. The molecule has 0 fully saturated rings. The zero-order valence-corrected chi connectivity index (χ0v) is 23.4. The molecular formula is C25H20Cl3N3O5S2. The Bertz CT molecular complexity index is 1690. The largest absolute Gasteiger partial charge is 0.459 e. The van der Waals surface area contributed by atoms with Crippen LogP contribution in [0.1, 0.15) is 17.1 Å². The van der Waals surface area contributed by atoms with Crippen LogP contribution in [0.5, 0.6) is 0 Å². The normalized spacial score (nSPS) is 12.4. The summed E-state index contributed by atoms with van der Waals surface area (Å²) < 4.78 is 56.9. The van der Waals surface area contributed by atoms with E-state index in [-0.39, 0.29) is 22.9 Å². The molecule has 0 aliphatic heterocycles. The maximum atomic E-state index is 13.5.